The number of hydrogen-bond donors (Lipinski definition) is 1. The molecule has 2 aromatic rings. The van der Waals surface area contributed by atoms with Crippen molar-refractivity contribution in [1.29, 1.82) is 0 Å². The number of halogens is 1. The van der Waals surface area contributed by atoms with Crippen molar-refractivity contribution in [3.05, 3.63) is 53.5 Å². The van der Waals surface area contributed by atoms with Crippen molar-refractivity contribution in [2.24, 2.45) is 5.73 Å². The average molecular weight is 234 g/mol. The molecule has 1 aromatic heterocycles. The van der Waals surface area contributed by atoms with Crippen LogP contribution >= 0.6 is 0 Å². The molecule has 0 aliphatic heterocycles. The summed E-state index contributed by atoms with van der Waals surface area (Å²) < 4.78 is 17.5. The van der Waals surface area contributed by atoms with Gasteiger partial charge >= 0.3 is 5.91 Å². The molecule has 0 atom stereocenters. The maximum atomic E-state index is 12.7. The normalized spacial score (nSPS) is 10.2. The van der Waals surface area contributed by atoms with Crippen molar-refractivity contribution in [3.8, 4) is 0 Å². The number of nitrogens with two attached hydrogens (primary N) is 1. The topological polar surface area (TPSA) is 86.2 Å². The van der Waals surface area contributed by atoms with Gasteiger partial charge in [0, 0.05) is 5.56 Å². The minimum atomic E-state index is -0.858. The Kier molecular flexibility index (Phi) is 2.70. The van der Waals surface area contributed by atoms with E-state index < -0.39 is 17.5 Å². The Balaban J connectivity index is 2.30. The number of rotatable bonds is 3. The second-order valence-corrected chi connectivity index (χ2v) is 3.23. The van der Waals surface area contributed by atoms with Crippen LogP contribution in [0.3, 0.4) is 0 Å². The minimum absolute atomic E-state index is 0.120. The SMILES string of the molecule is NC(=O)c1ncc(C(=O)c2ccc(F)cc2)o1. The van der Waals surface area contributed by atoms with Gasteiger partial charge in [-0.25, -0.2) is 9.37 Å². The van der Waals surface area contributed by atoms with Gasteiger partial charge in [0.25, 0.3) is 5.89 Å². The highest BCUT2D eigenvalue weighted by Crippen LogP contribution is 2.11. The molecule has 1 heterocycles. The smallest absolute Gasteiger partial charge is 0.304 e. The van der Waals surface area contributed by atoms with Crippen molar-refractivity contribution in [3.63, 3.8) is 0 Å². The second-order valence-electron chi connectivity index (χ2n) is 3.23. The summed E-state index contributed by atoms with van der Waals surface area (Å²) in [5.41, 5.74) is 5.16. The number of nitrogens with zero attached hydrogens (tertiary/aromatic N) is 1. The molecule has 0 aliphatic rings. The van der Waals surface area contributed by atoms with E-state index in [1.807, 2.05) is 0 Å². The van der Waals surface area contributed by atoms with Crippen molar-refractivity contribution < 1.29 is 18.4 Å². The number of amides is 1. The lowest BCUT2D eigenvalue weighted by Gasteiger charge is -1.96. The van der Waals surface area contributed by atoms with Crippen LogP contribution in [0.1, 0.15) is 26.8 Å². The monoisotopic (exact) mass is 234 g/mol. The Bertz CT molecular complexity index is 575. The van der Waals surface area contributed by atoms with E-state index >= 15 is 0 Å². The Labute approximate surface area is 95.1 Å². The first kappa shape index (κ1) is 11.0. The Morgan fingerprint density at radius 2 is 1.88 bits per heavy atom. The molecule has 0 bridgehead atoms. The molecule has 1 amide bonds. The summed E-state index contributed by atoms with van der Waals surface area (Å²) in [4.78, 5) is 26.1. The number of primary amides is 1. The molecule has 0 aliphatic carbocycles. The van der Waals surface area contributed by atoms with Crippen LogP contribution in [-0.2, 0) is 0 Å². The van der Waals surface area contributed by atoms with Crippen molar-refractivity contribution in [2.45, 2.75) is 0 Å². The lowest BCUT2D eigenvalue weighted by Crippen LogP contribution is -2.11. The van der Waals surface area contributed by atoms with Crippen LogP contribution in [0.25, 0.3) is 0 Å². The van der Waals surface area contributed by atoms with Crippen LogP contribution in [0.15, 0.2) is 34.9 Å². The van der Waals surface area contributed by atoms with Crippen LogP contribution in [0.2, 0.25) is 0 Å². The van der Waals surface area contributed by atoms with Gasteiger partial charge in [-0.2, -0.15) is 0 Å². The first-order valence-electron chi connectivity index (χ1n) is 4.64. The molecule has 0 unspecified atom stereocenters. The van der Waals surface area contributed by atoms with Crippen LogP contribution in [0.5, 0.6) is 0 Å². The van der Waals surface area contributed by atoms with Gasteiger partial charge in [-0.15, -0.1) is 0 Å². The van der Waals surface area contributed by atoms with Gasteiger partial charge in [-0.3, -0.25) is 9.59 Å². The van der Waals surface area contributed by atoms with Gasteiger partial charge in [-0.05, 0) is 24.3 Å². The Hall–Kier alpha value is -2.50. The molecule has 86 valence electrons. The summed E-state index contributed by atoms with van der Waals surface area (Å²) >= 11 is 0. The highest BCUT2D eigenvalue weighted by Gasteiger charge is 2.16. The number of benzene rings is 1. The quantitative estimate of drug-likeness (QED) is 0.807. The number of hydrogen-bond acceptors (Lipinski definition) is 4. The van der Waals surface area contributed by atoms with E-state index in [9.17, 15) is 14.0 Å². The molecule has 17 heavy (non-hydrogen) atoms. The van der Waals surface area contributed by atoms with Crippen LogP contribution < -0.4 is 5.73 Å². The summed E-state index contributed by atoms with van der Waals surface area (Å²) in [6.45, 7) is 0. The summed E-state index contributed by atoms with van der Waals surface area (Å²) in [6.07, 6.45) is 1.10. The second kappa shape index (κ2) is 4.17. The predicted molar refractivity (Wildman–Crippen MR) is 54.9 cm³/mol. The summed E-state index contributed by atoms with van der Waals surface area (Å²) in [5.74, 6) is -2.26. The lowest BCUT2D eigenvalue weighted by molar-refractivity contribution is 0.0957. The number of ketones is 1. The van der Waals surface area contributed by atoms with Gasteiger partial charge in [0.15, 0.2) is 5.76 Å². The first-order valence-corrected chi connectivity index (χ1v) is 4.64. The predicted octanol–water partition coefficient (Wildman–Crippen LogP) is 1.14. The van der Waals surface area contributed by atoms with E-state index in [2.05, 4.69) is 4.98 Å². The molecule has 0 saturated heterocycles. The molecular formula is C11H7FN2O3. The standard InChI is InChI=1S/C11H7FN2O3/c12-7-3-1-6(2-4-7)9(15)8-5-14-11(17-8)10(13)16/h1-5H,(H2,13,16). The zero-order chi connectivity index (χ0) is 12.4. The molecule has 2 rings (SSSR count). The van der Waals surface area contributed by atoms with E-state index in [0.29, 0.717) is 0 Å². The fourth-order valence-corrected chi connectivity index (χ4v) is 1.24. The number of carbonyl (C=O) groups is 2. The van der Waals surface area contributed by atoms with Crippen molar-refractivity contribution in [1.82, 2.24) is 4.98 Å². The number of aromatic nitrogens is 1. The maximum Gasteiger partial charge on any atom is 0.304 e. The van der Waals surface area contributed by atoms with Gasteiger partial charge in [-0.1, -0.05) is 0 Å². The van der Waals surface area contributed by atoms with Crippen LogP contribution in [0, 0.1) is 5.82 Å². The fourth-order valence-electron chi connectivity index (χ4n) is 1.24. The third-order valence-electron chi connectivity index (χ3n) is 2.05. The van der Waals surface area contributed by atoms with Gasteiger partial charge < -0.3 is 10.2 Å². The van der Waals surface area contributed by atoms with Crippen molar-refractivity contribution in [2.75, 3.05) is 0 Å². The van der Waals surface area contributed by atoms with Crippen LogP contribution in [0.4, 0.5) is 4.39 Å². The number of oxazole rings is 1. The lowest BCUT2D eigenvalue weighted by atomic mass is 10.1. The summed E-state index contributed by atoms with van der Waals surface area (Å²) in [5, 5.41) is 0. The molecular weight excluding hydrogens is 227 g/mol. The van der Waals surface area contributed by atoms with E-state index in [1.165, 1.54) is 12.1 Å². The van der Waals surface area contributed by atoms with Gasteiger partial charge in [0.05, 0.1) is 6.20 Å². The Morgan fingerprint density at radius 3 is 2.41 bits per heavy atom. The Morgan fingerprint density at radius 1 is 1.24 bits per heavy atom. The molecule has 5 nitrogen and oxygen atoms in total. The van der Waals surface area contributed by atoms with Crippen LogP contribution in [-0.4, -0.2) is 16.7 Å². The van der Waals surface area contributed by atoms with E-state index in [-0.39, 0.29) is 17.2 Å². The number of carbonyl (C=O) groups excluding carboxylic acids is 2. The van der Waals surface area contributed by atoms with E-state index in [0.717, 1.165) is 18.3 Å². The maximum absolute atomic E-state index is 12.7. The minimum Gasteiger partial charge on any atom is -0.429 e. The third-order valence-corrected chi connectivity index (χ3v) is 2.05. The van der Waals surface area contributed by atoms with Crippen molar-refractivity contribution >= 4 is 11.7 Å². The average Bonchev–Trinajstić information content (AvgIpc) is 2.78. The zero-order valence-electron chi connectivity index (χ0n) is 8.51. The van der Waals surface area contributed by atoms with E-state index in [1.54, 1.807) is 0 Å². The van der Waals surface area contributed by atoms with E-state index in [4.69, 9.17) is 10.2 Å². The first-order chi connectivity index (χ1) is 8.08. The third kappa shape index (κ3) is 2.20. The molecule has 6 heteroatoms. The molecule has 1 aromatic carbocycles. The highest BCUT2D eigenvalue weighted by atomic mass is 19.1. The molecule has 0 fully saturated rings. The van der Waals surface area contributed by atoms with Gasteiger partial charge in [0.2, 0.25) is 5.78 Å². The largest absolute Gasteiger partial charge is 0.429 e. The fraction of sp³-hybridized carbons (Fsp3) is 0. The summed E-state index contributed by atoms with van der Waals surface area (Å²) in [6, 6.07) is 4.92. The van der Waals surface area contributed by atoms with Gasteiger partial charge in [0.1, 0.15) is 5.82 Å². The molecule has 0 spiro atoms. The highest BCUT2D eigenvalue weighted by molar-refractivity contribution is 6.07. The zero-order valence-corrected chi connectivity index (χ0v) is 8.51. The summed E-state index contributed by atoms with van der Waals surface area (Å²) in [7, 11) is 0. The molecule has 2 N–H and O–H groups in total. The molecule has 0 saturated carbocycles. The molecule has 0 radical (unpaired) electrons.